The van der Waals surface area contributed by atoms with Crippen molar-refractivity contribution in [1.29, 1.82) is 0 Å². The summed E-state index contributed by atoms with van der Waals surface area (Å²) in [6.07, 6.45) is 0. The first-order valence-electron chi connectivity index (χ1n) is 5.57. The zero-order valence-corrected chi connectivity index (χ0v) is 12.0. The average Bonchev–Trinajstić information content (AvgIpc) is 2.45. The maximum atomic E-state index is 13.2. The fraction of sp³-hybridized carbons (Fsp3) is 0.0714. The number of benzene rings is 2. The van der Waals surface area contributed by atoms with Crippen LogP contribution in [0.5, 0.6) is 5.75 Å². The SMILES string of the molecule is COc1cc(Cl)c(C(=O)c2cc(F)c(F)c(F)c2)cc1Cl. The van der Waals surface area contributed by atoms with Crippen LogP contribution in [0, 0.1) is 17.5 Å². The summed E-state index contributed by atoms with van der Waals surface area (Å²) < 4.78 is 44.2. The number of ether oxygens (including phenoxy) is 1. The summed E-state index contributed by atoms with van der Waals surface area (Å²) in [4.78, 5) is 12.2. The molecule has 2 aromatic rings. The van der Waals surface area contributed by atoms with Crippen LogP contribution in [0.2, 0.25) is 10.0 Å². The van der Waals surface area contributed by atoms with Gasteiger partial charge >= 0.3 is 0 Å². The summed E-state index contributed by atoms with van der Waals surface area (Å²) in [5.74, 6) is -5.12. The molecule has 0 N–H and O–H groups in total. The van der Waals surface area contributed by atoms with Gasteiger partial charge in [-0.05, 0) is 18.2 Å². The Bertz CT molecular complexity index is 709. The van der Waals surface area contributed by atoms with E-state index < -0.39 is 23.2 Å². The van der Waals surface area contributed by atoms with E-state index in [1.807, 2.05) is 0 Å². The molecule has 0 aromatic heterocycles. The monoisotopic (exact) mass is 334 g/mol. The second kappa shape index (κ2) is 5.95. The van der Waals surface area contributed by atoms with Gasteiger partial charge in [0.25, 0.3) is 0 Å². The highest BCUT2D eigenvalue weighted by Crippen LogP contribution is 2.32. The van der Waals surface area contributed by atoms with Gasteiger partial charge < -0.3 is 4.74 Å². The number of rotatable bonds is 3. The Morgan fingerprint density at radius 2 is 1.57 bits per heavy atom. The van der Waals surface area contributed by atoms with Gasteiger partial charge in [0.15, 0.2) is 23.2 Å². The molecule has 0 aliphatic carbocycles. The summed E-state index contributed by atoms with van der Waals surface area (Å²) in [5.41, 5.74) is -0.456. The van der Waals surface area contributed by atoms with Crippen LogP contribution in [0.15, 0.2) is 24.3 Å². The molecular weight excluding hydrogens is 328 g/mol. The summed E-state index contributed by atoms with van der Waals surface area (Å²) in [6, 6.07) is 3.70. The van der Waals surface area contributed by atoms with Crippen molar-refractivity contribution in [2.75, 3.05) is 7.11 Å². The molecule has 110 valence electrons. The Kier molecular flexibility index (Phi) is 4.44. The van der Waals surface area contributed by atoms with Crippen LogP contribution >= 0.6 is 23.2 Å². The van der Waals surface area contributed by atoms with Gasteiger partial charge in [-0.2, -0.15) is 0 Å². The van der Waals surface area contributed by atoms with Crippen molar-refractivity contribution in [2.24, 2.45) is 0 Å². The Morgan fingerprint density at radius 3 is 2.10 bits per heavy atom. The quantitative estimate of drug-likeness (QED) is 0.603. The van der Waals surface area contributed by atoms with Gasteiger partial charge in [-0.1, -0.05) is 23.2 Å². The van der Waals surface area contributed by atoms with E-state index in [4.69, 9.17) is 27.9 Å². The molecule has 0 radical (unpaired) electrons. The molecule has 0 atom stereocenters. The van der Waals surface area contributed by atoms with Gasteiger partial charge in [0, 0.05) is 17.2 Å². The maximum absolute atomic E-state index is 13.2. The Balaban J connectivity index is 2.53. The maximum Gasteiger partial charge on any atom is 0.194 e. The second-order valence-electron chi connectivity index (χ2n) is 4.05. The number of hydrogen-bond acceptors (Lipinski definition) is 2. The van der Waals surface area contributed by atoms with Gasteiger partial charge in [0.2, 0.25) is 0 Å². The molecule has 0 amide bonds. The van der Waals surface area contributed by atoms with Crippen LogP contribution in [-0.4, -0.2) is 12.9 Å². The molecule has 2 aromatic carbocycles. The van der Waals surface area contributed by atoms with Crippen molar-refractivity contribution < 1.29 is 22.7 Å². The van der Waals surface area contributed by atoms with Gasteiger partial charge in [-0.25, -0.2) is 13.2 Å². The van der Waals surface area contributed by atoms with Crippen molar-refractivity contribution in [3.8, 4) is 5.75 Å². The molecule has 2 rings (SSSR count). The normalized spacial score (nSPS) is 10.6. The minimum absolute atomic E-state index is 0.00797. The Morgan fingerprint density at radius 1 is 1.00 bits per heavy atom. The van der Waals surface area contributed by atoms with Crippen molar-refractivity contribution in [2.45, 2.75) is 0 Å². The molecule has 0 heterocycles. The summed E-state index contributed by atoms with van der Waals surface area (Å²) >= 11 is 11.8. The number of hydrogen-bond donors (Lipinski definition) is 0. The molecule has 0 fully saturated rings. The van der Waals surface area contributed by atoms with Crippen molar-refractivity contribution in [1.82, 2.24) is 0 Å². The first-order chi connectivity index (χ1) is 9.85. The third-order valence-corrected chi connectivity index (χ3v) is 3.34. The number of halogens is 5. The minimum atomic E-state index is -1.65. The standard InChI is InChI=1S/C14H7Cl2F3O2/c1-21-12-5-8(15)7(4-9(12)16)14(20)6-2-10(17)13(19)11(18)3-6/h2-5H,1H3. The summed E-state index contributed by atoms with van der Waals surface area (Å²) in [7, 11) is 1.36. The van der Waals surface area contributed by atoms with Gasteiger partial charge in [-0.3, -0.25) is 4.79 Å². The molecule has 21 heavy (non-hydrogen) atoms. The molecule has 0 saturated carbocycles. The third-order valence-electron chi connectivity index (χ3n) is 2.73. The van der Waals surface area contributed by atoms with Gasteiger partial charge in [-0.15, -0.1) is 0 Å². The van der Waals surface area contributed by atoms with E-state index in [-0.39, 0.29) is 26.9 Å². The smallest absolute Gasteiger partial charge is 0.194 e. The number of ketones is 1. The van der Waals surface area contributed by atoms with Crippen LogP contribution in [0.1, 0.15) is 15.9 Å². The zero-order chi connectivity index (χ0) is 15.7. The van der Waals surface area contributed by atoms with E-state index in [1.165, 1.54) is 19.2 Å². The van der Waals surface area contributed by atoms with Crippen molar-refractivity contribution >= 4 is 29.0 Å². The fourth-order valence-electron chi connectivity index (χ4n) is 1.70. The number of methoxy groups -OCH3 is 1. The third kappa shape index (κ3) is 2.99. The topological polar surface area (TPSA) is 26.3 Å². The lowest BCUT2D eigenvalue weighted by atomic mass is 10.0. The largest absolute Gasteiger partial charge is 0.495 e. The average molecular weight is 335 g/mol. The molecule has 0 bridgehead atoms. The fourth-order valence-corrected chi connectivity index (χ4v) is 2.18. The van der Waals surface area contributed by atoms with E-state index in [9.17, 15) is 18.0 Å². The lowest BCUT2D eigenvalue weighted by molar-refractivity contribution is 0.103. The van der Waals surface area contributed by atoms with Gasteiger partial charge in [0.05, 0.1) is 17.2 Å². The van der Waals surface area contributed by atoms with E-state index in [1.54, 1.807) is 0 Å². The van der Waals surface area contributed by atoms with Crippen LogP contribution < -0.4 is 4.74 Å². The second-order valence-corrected chi connectivity index (χ2v) is 4.86. The molecule has 0 saturated heterocycles. The summed E-state index contributed by atoms with van der Waals surface area (Å²) in [5, 5.41) is 0.0969. The molecule has 7 heteroatoms. The number of carbonyl (C=O) groups excluding carboxylic acids is 1. The molecule has 0 aliphatic rings. The highest BCUT2D eigenvalue weighted by molar-refractivity contribution is 6.37. The lowest BCUT2D eigenvalue weighted by Gasteiger charge is -2.09. The van der Waals surface area contributed by atoms with E-state index >= 15 is 0 Å². The van der Waals surface area contributed by atoms with Crippen molar-refractivity contribution in [3.05, 3.63) is 62.9 Å². The van der Waals surface area contributed by atoms with Crippen LogP contribution in [-0.2, 0) is 0 Å². The molecule has 0 spiro atoms. The highest BCUT2D eigenvalue weighted by Gasteiger charge is 2.20. The van der Waals surface area contributed by atoms with E-state index in [0.717, 1.165) is 0 Å². The molecule has 0 unspecified atom stereocenters. The van der Waals surface area contributed by atoms with Crippen LogP contribution in [0.4, 0.5) is 13.2 Å². The van der Waals surface area contributed by atoms with E-state index in [2.05, 4.69) is 0 Å². The van der Waals surface area contributed by atoms with Crippen molar-refractivity contribution in [3.63, 3.8) is 0 Å². The predicted molar refractivity (Wildman–Crippen MR) is 72.8 cm³/mol. The minimum Gasteiger partial charge on any atom is -0.495 e. The Hall–Kier alpha value is -1.72. The van der Waals surface area contributed by atoms with E-state index in [0.29, 0.717) is 12.1 Å². The molecule has 2 nitrogen and oxygen atoms in total. The lowest BCUT2D eigenvalue weighted by Crippen LogP contribution is -2.05. The Labute approximate surface area is 128 Å². The molecular formula is C14H7Cl2F3O2. The highest BCUT2D eigenvalue weighted by atomic mass is 35.5. The number of carbonyl (C=O) groups is 1. The first kappa shape index (κ1) is 15.7. The summed E-state index contributed by atoms with van der Waals surface area (Å²) in [6.45, 7) is 0. The first-order valence-corrected chi connectivity index (χ1v) is 6.33. The van der Waals surface area contributed by atoms with Crippen LogP contribution in [0.25, 0.3) is 0 Å². The molecule has 0 aliphatic heterocycles. The zero-order valence-electron chi connectivity index (χ0n) is 10.5. The predicted octanol–water partition coefficient (Wildman–Crippen LogP) is 4.65. The van der Waals surface area contributed by atoms with Crippen LogP contribution in [0.3, 0.4) is 0 Å². The van der Waals surface area contributed by atoms with Gasteiger partial charge in [0.1, 0.15) is 5.75 Å².